The van der Waals surface area contributed by atoms with E-state index in [2.05, 4.69) is 24.1 Å². The quantitative estimate of drug-likeness (QED) is 0.850. The first-order valence-electron chi connectivity index (χ1n) is 5.78. The highest BCUT2D eigenvalue weighted by atomic mass is 32.1. The van der Waals surface area contributed by atoms with Crippen molar-refractivity contribution < 1.29 is 9.53 Å². The van der Waals surface area contributed by atoms with Crippen LogP contribution in [0.3, 0.4) is 0 Å². The second-order valence-corrected chi connectivity index (χ2v) is 5.48. The molecule has 0 atom stereocenters. The van der Waals surface area contributed by atoms with Crippen LogP contribution in [0.5, 0.6) is 0 Å². The van der Waals surface area contributed by atoms with Gasteiger partial charge < -0.3 is 10.1 Å². The van der Waals surface area contributed by atoms with Crippen LogP contribution in [0.2, 0.25) is 0 Å². The number of amides is 1. The lowest BCUT2D eigenvalue weighted by atomic mass is 10.1. The molecule has 0 aliphatic heterocycles. The Hall–Kier alpha value is -0.940. The zero-order chi connectivity index (χ0) is 12.8. The van der Waals surface area contributed by atoms with Crippen LogP contribution in [-0.2, 0) is 11.3 Å². The Labute approximate surface area is 106 Å². The molecule has 1 N–H and O–H groups in total. The lowest BCUT2D eigenvalue weighted by Gasteiger charge is -2.05. The van der Waals surface area contributed by atoms with Crippen molar-refractivity contribution in [1.82, 2.24) is 10.3 Å². The molecule has 0 aromatic carbocycles. The Balaban J connectivity index is 2.56. The number of ether oxygens (including phenoxy) is 1. The highest BCUT2D eigenvalue weighted by molar-refractivity contribution is 7.13. The fourth-order valence-electron chi connectivity index (χ4n) is 1.40. The monoisotopic (exact) mass is 256 g/mol. The number of thiazole rings is 1. The van der Waals surface area contributed by atoms with Gasteiger partial charge in [0.05, 0.1) is 12.3 Å². The average Bonchev–Trinajstić information content (AvgIpc) is 2.59. The molecule has 0 fully saturated rings. The van der Waals surface area contributed by atoms with E-state index in [-0.39, 0.29) is 5.91 Å². The molecular weight excluding hydrogens is 236 g/mol. The van der Waals surface area contributed by atoms with Crippen molar-refractivity contribution in [3.63, 3.8) is 0 Å². The summed E-state index contributed by atoms with van der Waals surface area (Å²) in [6, 6.07) is 0. The van der Waals surface area contributed by atoms with Gasteiger partial charge in [0.15, 0.2) is 0 Å². The number of aromatic nitrogens is 1. The van der Waals surface area contributed by atoms with Crippen LogP contribution in [0.25, 0.3) is 0 Å². The third-order valence-corrected chi connectivity index (χ3v) is 3.45. The van der Waals surface area contributed by atoms with E-state index in [0.29, 0.717) is 23.9 Å². The Bertz CT molecular complexity index is 375. The lowest BCUT2D eigenvalue weighted by molar-refractivity contribution is 0.0955. The highest BCUT2D eigenvalue weighted by Gasteiger charge is 2.14. The maximum absolute atomic E-state index is 11.9. The first-order valence-corrected chi connectivity index (χ1v) is 6.59. The summed E-state index contributed by atoms with van der Waals surface area (Å²) < 4.78 is 5.00. The van der Waals surface area contributed by atoms with Crippen molar-refractivity contribution in [1.29, 1.82) is 0 Å². The zero-order valence-electron chi connectivity index (χ0n) is 10.9. The van der Waals surface area contributed by atoms with Gasteiger partial charge >= 0.3 is 0 Å². The van der Waals surface area contributed by atoms with Gasteiger partial charge in [-0.25, -0.2) is 4.98 Å². The zero-order valence-corrected chi connectivity index (χ0v) is 11.7. The van der Waals surface area contributed by atoms with Gasteiger partial charge in [0.2, 0.25) is 0 Å². The van der Waals surface area contributed by atoms with Crippen molar-refractivity contribution in [3.05, 3.63) is 15.6 Å². The molecule has 1 aromatic rings. The van der Waals surface area contributed by atoms with Crippen LogP contribution < -0.4 is 5.32 Å². The maximum Gasteiger partial charge on any atom is 0.263 e. The summed E-state index contributed by atoms with van der Waals surface area (Å²) in [7, 11) is 1.62. The van der Waals surface area contributed by atoms with E-state index in [1.165, 1.54) is 11.3 Å². The van der Waals surface area contributed by atoms with Gasteiger partial charge in [-0.2, -0.15) is 0 Å². The number of hydrogen-bond acceptors (Lipinski definition) is 4. The van der Waals surface area contributed by atoms with Crippen LogP contribution in [0.1, 0.15) is 40.6 Å². The standard InChI is InChI=1S/C12H20N2O2S/c1-8(2)5-6-13-12(15)11-9(3)14-10(17-11)7-16-4/h8H,5-7H2,1-4H3,(H,13,15). The molecule has 0 saturated carbocycles. The molecule has 0 spiro atoms. The molecule has 0 bridgehead atoms. The summed E-state index contributed by atoms with van der Waals surface area (Å²) in [4.78, 5) is 16.9. The Morgan fingerprint density at radius 1 is 1.53 bits per heavy atom. The van der Waals surface area contributed by atoms with Crippen LogP contribution in [0.4, 0.5) is 0 Å². The molecule has 96 valence electrons. The summed E-state index contributed by atoms with van der Waals surface area (Å²) in [5.74, 6) is 0.574. The van der Waals surface area contributed by atoms with Gasteiger partial charge in [0, 0.05) is 13.7 Å². The Morgan fingerprint density at radius 2 is 2.24 bits per heavy atom. The van der Waals surface area contributed by atoms with E-state index in [1.54, 1.807) is 7.11 Å². The number of aryl methyl sites for hydroxylation is 1. The molecule has 1 amide bonds. The second kappa shape index (κ2) is 6.71. The molecule has 17 heavy (non-hydrogen) atoms. The Kier molecular flexibility index (Phi) is 5.58. The number of nitrogens with one attached hydrogen (secondary N) is 1. The molecule has 1 heterocycles. The highest BCUT2D eigenvalue weighted by Crippen LogP contribution is 2.18. The smallest absolute Gasteiger partial charge is 0.263 e. The number of nitrogens with zero attached hydrogens (tertiary/aromatic N) is 1. The van der Waals surface area contributed by atoms with Crippen LogP contribution in [0.15, 0.2) is 0 Å². The normalized spacial score (nSPS) is 10.9. The summed E-state index contributed by atoms with van der Waals surface area (Å²) in [5.41, 5.74) is 0.782. The number of carbonyl (C=O) groups is 1. The number of methoxy groups -OCH3 is 1. The summed E-state index contributed by atoms with van der Waals surface area (Å²) in [6.45, 7) is 7.31. The van der Waals surface area contributed by atoms with E-state index in [0.717, 1.165) is 17.1 Å². The predicted molar refractivity (Wildman–Crippen MR) is 69.4 cm³/mol. The topological polar surface area (TPSA) is 51.2 Å². The minimum atomic E-state index is -0.0250. The molecule has 4 nitrogen and oxygen atoms in total. The van der Waals surface area contributed by atoms with Crippen LogP contribution >= 0.6 is 11.3 Å². The third-order valence-electron chi connectivity index (χ3n) is 2.32. The summed E-state index contributed by atoms with van der Waals surface area (Å²) in [6.07, 6.45) is 0.995. The number of rotatable bonds is 6. The molecule has 5 heteroatoms. The maximum atomic E-state index is 11.9. The van der Waals surface area contributed by atoms with E-state index < -0.39 is 0 Å². The van der Waals surface area contributed by atoms with E-state index in [9.17, 15) is 4.79 Å². The first-order chi connectivity index (χ1) is 8.04. The van der Waals surface area contributed by atoms with E-state index in [4.69, 9.17) is 4.74 Å². The fraction of sp³-hybridized carbons (Fsp3) is 0.667. The number of hydrogen-bond donors (Lipinski definition) is 1. The summed E-state index contributed by atoms with van der Waals surface area (Å²) >= 11 is 1.40. The molecule has 1 aromatic heterocycles. The van der Waals surface area contributed by atoms with Gasteiger partial charge in [-0.05, 0) is 19.3 Å². The largest absolute Gasteiger partial charge is 0.378 e. The number of carbonyl (C=O) groups excluding carboxylic acids is 1. The Morgan fingerprint density at radius 3 is 2.82 bits per heavy atom. The predicted octanol–water partition coefficient (Wildman–Crippen LogP) is 2.37. The SMILES string of the molecule is COCc1nc(C)c(C(=O)NCCC(C)C)s1. The fourth-order valence-corrected chi connectivity index (χ4v) is 2.36. The molecule has 0 aliphatic carbocycles. The van der Waals surface area contributed by atoms with Gasteiger partial charge in [0.25, 0.3) is 5.91 Å². The summed E-state index contributed by atoms with van der Waals surface area (Å²) in [5, 5.41) is 3.76. The molecule has 0 unspecified atom stereocenters. The van der Waals surface area contributed by atoms with Crippen LogP contribution in [-0.4, -0.2) is 24.5 Å². The van der Waals surface area contributed by atoms with Crippen molar-refractivity contribution in [2.24, 2.45) is 5.92 Å². The second-order valence-electron chi connectivity index (χ2n) is 4.39. The average molecular weight is 256 g/mol. The minimum absolute atomic E-state index is 0.0250. The van der Waals surface area contributed by atoms with Crippen molar-refractivity contribution in [3.8, 4) is 0 Å². The molecule has 0 aliphatic rings. The van der Waals surface area contributed by atoms with Gasteiger partial charge in [-0.3, -0.25) is 4.79 Å². The van der Waals surface area contributed by atoms with Crippen molar-refractivity contribution >= 4 is 17.2 Å². The molecule has 0 saturated heterocycles. The van der Waals surface area contributed by atoms with Crippen LogP contribution in [0, 0.1) is 12.8 Å². The molecule has 0 radical (unpaired) electrons. The minimum Gasteiger partial charge on any atom is -0.378 e. The van der Waals surface area contributed by atoms with Gasteiger partial charge in [0.1, 0.15) is 9.88 Å². The molecule has 1 rings (SSSR count). The third kappa shape index (κ3) is 4.44. The van der Waals surface area contributed by atoms with E-state index >= 15 is 0 Å². The molecular formula is C12H20N2O2S. The van der Waals surface area contributed by atoms with Gasteiger partial charge in [-0.1, -0.05) is 13.8 Å². The van der Waals surface area contributed by atoms with Crippen molar-refractivity contribution in [2.45, 2.75) is 33.8 Å². The van der Waals surface area contributed by atoms with Gasteiger partial charge in [-0.15, -0.1) is 11.3 Å². The first kappa shape index (κ1) is 14.1. The van der Waals surface area contributed by atoms with Crippen molar-refractivity contribution in [2.75, 3.05) is 13.7 Å². The lowest BCUT2D eigenvalue weighted by Crippen LogP contribution is -2.25. The van der Waals surface area contributed by atoms with E-state index in [1.807, 2.05) is 6.92 Å².